The predicted molar refractivity (Wildman–Crippen MR) is 136 cm³/mol. The van der Waals surface area contributed by atoms with Crippen LogP contribution in [0.5, 0.6) is 17.2 Å². The Morgan fingerprint density at radius 3 is 2.38 bits per heavy atom. The van der Waals surface area contributed by atoms with Crippen LogP contribution < -0.4 is 20.4 Å². The molecule has 190 valence electrons. The molecule has 1 heterocycles. The summed E-state index contributed by atoms with van der Waals surface area (Å²) < 4.78 is 16.3. The molecule has 1 amide bonds. The molecule has 4 aromatic rings. The summed E-state index contributed by atoms with van der Waals surface area (Å²) in [6.07, 6.45) is 0.0374. The van der Waals surface area contributed by atoms with Crippen LogP contribution in [0.4, 0.5) is 0 Å². The van der Waals surface area contributed by atoms with Crippen LogP contribution in [0.2, 0.25) is 0 Å². The summed E-state index contributed by atoms with van der Waals surface area (Å²) >= 11 is 0. The number of rotatable bonds is 9. The van der Waals surface area contributed by atoms with E-state index in [1.807, 2.05) is 12.1 Å². The van der Waals surface area contributed by atoms with E-state index in [1.54, 1.807) is 50.4 Å². The number of phenols is 1. The van der Waals surface area contributed by atoms with Crippen LogP contribution in [0.25, 0.3) is 22.1 Å². The van der Waals surface area contributed by atoms with Gasteiger partial charge < -0.3 is 29.4 Å². The first-order chi connectivity index (χ1) is 17.7. The number of carbonyl (C=O) groups is 2. The number of carbonyl (C=O) groups excluding carboxylic acids is 1. The number of amides is 1. The number of methoxy groups -OCH3 is 1. The Balaban J connectivity index is 1.51. The number of carboxylic acid groups (broad SMARTS) is 1. The molecule has 9 nitrogen and oxygen atoms in total. The lowest BCUT2D eigenvalue weighted by atomic mass is 10.00. The molecule has 1 aromatic heterocycles. The summed E-state index contributed by atoms with van der Waals surface area (Å²) in [5.74, 6) is -0.751. The van der Waals surface area contributed by atoms with Gasteiger partial charge >= 0.3 is 11.6 Å². The van der Waals surface area contributed by atoms with Gasteiger partial charge in [-0.05, 0) is 60.0 Å². The quantitative estimate of drug-likeness (QED) is 0.295. The highest BCUT2D eigenvalue weighted by molar-refractivity contribution is 5.95. The average Bonchev–Trinajstić information content (AvgIpc) is 2.89. The third kappa shape index (κ3) is 5.90. The summed E-state index contributed by atoms with van der Waals surface area (Å²) in [7, 11) is 1.57. The minimum Gasteiger partial charge on any atom is -0.508 e. The molecule has 0 bridgehead atoms. The van der Waals surface area contributed by atoms with E-state index >= 15 is 0 Å². The van der Waals surface area contributed by atoms with Crippen molar-refractivity contribution in [1.82, 2.24) is 5.32 Å². The maximum atomic E-state index is 12.5. The van der Waals surface area contributed by atoms with Crippen LogP contribution in [0.3, 0.4) is 0 Å². The molecule has 3 N–H and O–H groups in total. The number of aryl methyl sites for hydroxylation is 1. The summed E-state index contributed by atoms with van der Waals surface area (Å²) in [6, 6.07) is 17.0. The summed E-state index contributed by atoms with van der Waals surface area (Å²) in [5, 5.41) is 22.0. The monoisotopic (exact) mass is 503 g/mol. The fraction of sp³-hybridized carbons (Fsp3) is 0.179. The average molecular weight is 504 g/mol. The molecule has 0 unspecified atom stereocenters. The van der Waals surface area contributed by atoms with Crippen molar-refractivity contribution in [3.63, 3.8) is 0 Å². The third-order valence-electron chi connectivity index (χ3n) is 5.88. The maximum Gasteiger partial charge on any atom is 0.336 e. The van der Waals surface area contributed by atoms with Gasteiger partial charge in [-0.15, -0.1) is 0 Å². The van der Waals surface area contributed by atoms with Crippen molar-refractivity contribution in [2.75, 3.05) is 13.7 Å². The maximum absolute atomic E-state index is 12.5. The first-order valence-corrected chi connectivity index (χ1v) is 11.4. The standard InChI is InChI=1S/C28H25NO8/c1-16-24(36-15-25(31)29-23(28(33)34)13-17-3-7-19(30)8-4-17)12-11-21-22(14-26(32)37-27(16)21)18-5-9-20(35-2)10-6-18/h3-12,14,23,30H,13,15H2,1-2H3,(H,29,31)(H,33,34)/t23-/m0/s1. The Labute approximate surface area is 211 Å². The lowest BCUT2D eigenvalue weighted by molar-refractivity contribution is -0.142. The highest BCUT2D eigenvalue weighted by Crippen LogP contribution is 2.33. The number of carboxylic acids is 1. The number of nitrogens with one attached hydrogen (secondary N) is 1. The molecule has 0 saturated carbocycles. The van der Waals surface area contributed by atoms with Crippen molar-refractivity contribution in [3.8, 4) is 28.4 Å². The smallest absolute Gasteiger partial charge is 0.336 e. The van der Waals surface area contributed by atoms with Crippen molar-refractivity contribution in [2.45, 2.75) is 19.4 Å². The number of benzene rings is 3. The predicted octanol–water partition coefficient (Wildman–Crippen LogP) is 3.67. The second-order valence-electron chi connectivity index (χ2n) is 8.39. The number of hydrogen-bond donors (Lipinski definition) is 3. The molecule has 1 atom stereocenters. The van der Waals surface area contributed by atoms with E-state index in [-0.39, 0.29) is 12.2 Å². The zero-order valence-corrected chi connectivity index (χ0v) is 20.2. The van der Waals surface area contributed by atoms with Gasteiger partial charge in [-0.3, -0.25) is 4.79 Å². The van der Waals surface area contributed by atoms with Gasteiger partial charge in [0, 0.05) is 23.4 Å². The van der Waals surface area contributed by atoms with Gasteiger partial charge in [-0.25, -0.2) is 9.59 Å². The molecule has 0 aliphatic carbocycles. The first kappa shape index (κ1) is 25.3. The van der Waals surface area contributed by atoms with Gasteiger partial charge in [0.2, 0.25) is 0 Å². The molecular formula is C28H25NO8. The van der Waals surface area contributed by atoms with Crippen molar-refractivity contribution in [2.24, 2.45) is 0 Å². The zero-order chi connectivity index (χ0) is 26.5. The fourth-order valence-corrected chi connectivity index (χ4v) is 3.96. The Morgan fingerprint density at radius 1 is 1.03 bits per heavy atom. The van der Waals surface area contributed by atoms with Gasteiger partial charge in [0.25, 0.3) is 5.91 Å². The molecule has 9 heteroatoms. The van der Waals surface area contributed by atoms with E-state index in [9.17, 15) is 24.6 Å². The highest BCUT2D eigenvalue weighted by atomic mass is 16.5. The normalized spacial score (nSPS) is 11.6. The Morgan fingerprint density at radius 2 is 1.73 bits per heavy atom. The van der Waals surface area contributed by atoms with Crippen LogP contribution in [0.15, 0.2) is 75.9 Å². The van der Waals surface area contributed by atoms with Crippen LogP contribution in [-0.4, -0.2) is 41.8 Å². The van der Waals surface area contributed by atoms with Gasteiger partial charge in [0.15, 0.2) is 6.61 Å². The van der Waals surface area contributed by atoms with E-state index in [1.165, 1.54) is 18.2 Å². The number of phenolic OH excluding ortho intramolecular Hbond substituents is 1. The van der Waals surface area contributed by atoms with Gasteiger partial charge in [0.05, 0.1) is 7.11 Å². The van der Waals surface area contributed by atoms with Gasteiger partial charge in [-0.1, -0.05) is 24.3 Å². The van der Waals surface area contributed by atoms with E-state index in [0.717, 1.165) is 5.56 Å². The van der Waals surface area contributed by atoms with Crippen LogP contribution >= 0.6 is 0 Å². The van der Waals surface area contributed by atoms with E-state index in [0.29, 0.717) is 39.2 Å². The lowest BCUT2D eigenvalue weighted by Crippen LogP contribution is -2.44. The number of hydrogen-bond acceptors (Lipinski definition) is 7. The van der Waals surface area contributed by atoms with Crippen LogP contribution in [0, 0.1) is 6.92 Å². The minimum atomic E-state index is -1.20. The largest absolute Gasteiger partial charge is 0.508 e. The molecule has 4 rings (SSSR count). The molecule has 0 spiro atoms. The Kier molecular flexibility index (Phi) is 7.43. The topological polar surface area (TPSA) is 135 Å². The Hall–Kier alpha value is -4.79. The number of aromatic hydroxyl groups is 1. The van der Waals surface area contributed by atoms with Gasteiger partial charge in [-0.2, -0.15) is 0 Å². The molecule has 0 aliphatic heterocycles. The van der Waals surface area contributed by atoms with Crippen molar-refractivity contribution >= 4 is 22.8 Å². The summed E-state index contributed by atoms with van der Waals surface area (Å²) in [4.78, 5) is 36.4. The van der Waals surface area contributed by atoms with E-state index < -0.39 is 30.2 Å². The van der Waals surface area contributed by atoms with Crippen molar-refractivity contribution < 1.29 is 33.7 Å². The summed E-state index contributed by atoms with van der Waals surface area (Å²) in [5.41, 5.74) is 2.44. The number of ether oxygens (including phenoxy) is 2. The number of fused-ring (bicyclic) bond motifs is 1. The van der Waals surface area contributed by atoms with Crippen molar-refractivity contribution in [1.29, 1.82) is 0 Å². The molecule has 0 fully saturated rings. The van der Waals surface area contributed by atoms with Crippen LogP contribution in [-0.2, 0) is 16.0 Å². The highest BCUT2D eigenvalue weighted by Gasteiger charge is 2.21. The lowest BCUT2D eigenvalue weighted by Gasteiger charge is -2.16. The molecule has 0 aliphatic rings. The Bertz CT molecular complexity index is 1490. The molecule has 0 saturated heterocycles. The van der Waals surface area contributed by atoms with Gasteiger partial charge in [0.1, 0.15) is 28.9 Å². The molecular weight excluding hydrogens is 478 g/mol. The molecule has 0 radical (unpaired) electrons. The first-order valence-electron chi connectivity index (χ1n) is 11.4. The molecule has 3 aromatic carbocycles. The summed E-state index contributed by atoms with van der Waals surface area (Å²) in [6.45, 7) is 1.27. The van der Waals surface area contributed by atoms with Crippen molar-refractivity contribution in [3.05, 3.63) is 88.3 Å². The van der Waals surface area contributed by atoms with Crippen LogP contribution in [0.1, 0.15) is 11.1 Å². The van der Waals surface area contributed by atoms with E-state index in [2.05, 4.69) is 5.32 Å². The second-order valence-corrected chi connectivity index (χ2v) is 8.39. The molecule has 37 heavy (non-hydrogen) atoms. The SMILES string of the molecule is COc1ccc(-c2cc(=O)oc3c(C)c(OCC(=O)N[C@@H](Cc4ccc(O)cc4)C(=O)O)ccc23)cc1. The minimum absolute atomic E-state index is 0.0374. The third-order valence-corrected chi connectivity index (χ3v) is 5.88. The zero-order valence-electron chi connectivity index (χ0n) is 20.2. The number of aliphatic carboxylic acids is 1. The van der Waals surface area contributed by atoms with E-state index in [4.69, 9.17) is 13.9 Å². The second kappa shape index (κ2) is 10.9. The fourth-order valence-electron chi connectivity index (χ4n) is 3.96.